The lowest BCUT2D eigenvalue weighted by molar-refractivity contribution is 0.0721. The molecule has 0 saturated carbocycles. The van der Waals surface area contributed by atoms with Gasteiger partial charge in [-0.2, -0.15) is 0 Å². The standard InChI is InChI=1S/C12H26N2/c1-10-6-5-9-14(12(10)3)11(2)7-8-13-4/h10-13H,5-9H2,1-4H3. The van der Waals surface area contributed by atoms with E-state index in [-0.39, 0.29) is 0 Å². The van der Waals surface area contributed by atoms with Crippen LogP contribution >= 0.6 is 0 Å². The number of nitrogens with one attached hydrogen (secondary N) is 1. The van der Waals surface area contributed by atoms with Crippen LogP contribution in [0, 0.1) is 5.92 Å². The van der Waals surface area contributed by atoms with Crippen molar-refractivity contribution in [1.82, 2.24) is 10.2 Å². The van der Waals surface area contributed by atoms with Crippen LogP contribution in [0.25, 0.3) is 0 Å². The van der Waals surface area contributed by atoms with Gasteiger partial charge in [0.2, 0.25) is 0 Å². The summed E-state index contributed by atoms with van der Waals surface area (Å²) < 4.78 is 0. The van der Waals surface area contributed by atoms with Crippen molar-refractivity contribution in [1.29, 1.82) is 0 Å². The van der Waals surface area contributed by atoms with Crippen molar-refractivity contribution in [3.63, 3.8) is 0 Å². The number of likely N-dealkylation sites (tertiary alicyclic amines) is 1. The summed E-state index contributed by atoms with van der Waals surface area (Å²) >= 11 is 0. The summed E-state index contributed by atoms with van der Waals surface area (Å²) in [5.41, 5.74) is 0. The largest absolute Gasteiger partial charge is 0.320 e. The average Bonchev–Trinajstić information content (AvgIpc) is 2.18. The molecule has 1 heterocycles. The zero-order valence-electron chi connectivity index (χ0n) is 10.2. The Balaban J connectivity index is 2.40. The zero-order chi connectivity index (χ0) is 10.6. The Morgan fingerprint density at radius 1 is 1.43 bits per heavy atom. The van der Waals surface area contributed by atoms with Crippen LogP contribution < -0.4 is 5.32 Å². The zero-order valence-corrected chi connectivity index (χ0v) is 10.2. The minimum absolute atomic E-state index is 0.736. The monoisotopic (exact) mass is 198 g/mol. The quantitative estimate of drug-likeness (QED) is 0.744. The molecule has 2 nitrogen and oxygen atoms in total. The van der Waals surface area contributed by atoms with E-state index in [1.54, 1.807) is 0 Å². The second-order valence-corrected chi connectivity index (χ2v) is 4.84. The normalized spacial score (nSPS) is 31.7. The van der Waals surface area contributed by atoms with Gasteiger partial charge in [0, 0.05) is 12.1 Å². The van der Waals surface area contributed by atoms with Gasteiger partial charge in [0.25, 0.3) is 0 Å². The van der Waals surface area contributed by atoms with Crippen LogP contribution in [0.15, 0.2) is 0 Å². The van der Waals surface area contributed by atoms with Crippen LogP contribution in [0.5, 0.6) is 0 Å². The fourth-order valence-corrected chi connectivity index (χ4v) is 2.51. The summed E-state index contributed by atoms with van der Waals surface area (Å²) in [4.78, 5) is 2.69. The molecule has 1 aliphatic rings. The topological polar surface area (TPSA) is 15.3 Å². The maximum absolute atomic E-state index is 3.24. The lowest BCUT2D eigenvalue weighted by Crippen LogP contribution is -2.47. The third-order valence-electron chi connectivity index (χ3n) is 3.80. The minimum Gasteiger partial charge on any atom is -0.320 e. The van der Waals surface area contributed by atoms with Gasteiger partial charge in [0.15, 0.2) is 0 Å². The Kier molecular flexibility index (Phi) is 4.90. The molecule has 0 aliphatic carbocycles. The first-order valence-electron chi connectivity index (χ1n) is 6.07. The average molecular weight is 198 g/mol. The van der Waals surface area contributed by atoms with Crippen LogP contribution in [0.1, 0.15) is 40.0 Å². The molecule has 2 heteroatoms. The Morgan fingerprint density at radius 3 is 2.79 bits per heavy atom. The Hall–Kier alpha value is -0.0800. The molecule has 1 N–H and O–H groups in total. The molecule has 1 fully saturated rings. The second kappa shape index (κ2) is 5.72. The van der Waals surface area contributed by atoms with Crippen molar-refractivity contribution in [3.8, 4) is 0 Å². The van der Waals surface area contributed by atoms with E-state index in [0.717, 1.165) is 24.5 Å². The summed E-state index contributed by atoms with van der Waals surface area (Å²) in [5.74, 6) is 0.876. The van der Waals surface area contributed by atoms with E-state index in [2.05, 4.69) is 31.0 Å². The lowest BCUT2D eigenvalue weighted by atomic mass is 9.90. The van der Waals surface area contributed by atoms with E-state index in [1.807, 2.05) is 7.05 Å². The van der Waals surface area contributed by atoms with E-state index in [9.17, 15) is 0 Å². The molecule has 0 spiro atoms. The highest BCUT2D eigenvalue weighted by Crippen LogP contribution is 2.25. The molecule has 1 rings (SSSR count). The predicted octanol–water partition coefficient (Wildman–Crippen LogP) is 2.10. The van der Waals surface area contributed by atoms with Crippen LogP contribution in [0.3, 0.4) is 0 Å². The Labute approximate surface area is 89.1 Å². The molecule has 0 aromatic rings. The smallest absolute Gasteiger partial charge is 0.00953 e. The van der Waals surface area contributed by atoms with Gasteiger partial charge in [-0.15, -0.1) is 0 Å². The van der Waals surface area contributed by atoms with Crippen LogP contribution in [-0.4, -0.2) is 37.1 Å². The van der Waals surface area contributed by atoms with Gasteiger partial charge in [-0.1, -0.05) is 6.92 Å². The van der Waals surface area contributed by atoms with Crippen LogP contribution in [0.4, 0.5) is 0 Å². The van der Waals surface area contributed by atoms with Gasteiger partial charge >= 0.3 is 0 Å². The molecular weight excluding hydrogens is 172 g/mol. The summed E-state index contributed by atoms with van der Waals surface area (Å²) in [6.07, 6.45) is 4.07. The number of nitrogens with zero attached hydrogens (tertiary/aromatic N) is 1. The highest BCUT2D eigenvalue weighted by molar-refractivity contribution is 4.82. The van der Waals surface area contributed by atoms with Gasteiger partial charge in [0.1, 0.15) is 0 Å². The van der Waals surface area contributed by atoms with Crippen molar-refractivity contribution in [3.05, 3.63) is 0 Å². The van der Waals surface area contributed by atoms with E-state index in [1.165, 1.54) is 25.8 Å². The maximum atomic E-state index is 3.24. The predicted molar refractivity (Wildman–Crippen MR) is 62.6 cm³/mol. The number of hydrogen-bond donors (Lipinski definition) is 1. The number of rotatable bonds is 4. The molecule has 0 radical (unpaired) electrons. The van der Waals surface area contributed by atoms with Gasteiger partial charge in [-0.05, 0) is 59.2 Å². The van der Waals surface area contributed by atoms with Crippen molar-refractivity contribution in [2.75, 3.05) is 20.1 Å². The van der Waals surface area contributed by atoms with Crippen molar-refractivity contribution in [2.24, 2.45) is 5.92 Å². The molecule has 84 valence electrons. The molecule has 0 bridgehead atoms. The van der Waals surface area contributed by atoms with Crippen molar-refractivity contribution >= 4 is 0 Å². The first-order valence-corrected chi connectivity index (χ1v) is 6.07. The van der Waals surface area contributed by atoms with E-state index in [0.29, 0.717) is 0 Å². The number of piperidine rings is 1. The molecule has 0 aromatic carbocycles. The molecular formula is C12H26N2. The maximum Gasteiger partial charge on any atom is 0.00953 e. The fourth-order valence-electron chi connectivity index (χ4n) is 2.51. The SMILES string of the molecule is CNCCC(C)N1CCCC(C)C1C. The Bertz CT molecular complexity index is 158. The van der Waals surface area contributed by atoms with Gasteiger partial charge < -0.3 is 5.32 Å². The lowest BCUT2D eigenvalue weighted by Gasteiger charge is -2.41. The van der Waals surface area contributed by atoms with Gasteiger partial charge in [-0.25, -0.2) is 0 Å². The molecule has 3 atom stereocenters. The molecule has 1 aliphatic heterocycles. The first-order chi connectivity index (χ1) is 6.66. The van der Waals surface area contributed by atoms with Crippen molar-refractivity contribution in [2.45, 2.75) is 52.1 Å². The van der Waals surface area contributed by atoms with Gasteiger partial charge in [-0.3, -0.25) is 4.90 Å². The number of hydrogen-bond acceptors (Lipinski definition) is 2. The third-order valence-corrected chi connectivity index (χ3v) is 3.80. The molecule has 0 amide bonds. The fraction of sp³-hybridized carbons (Fsp3) is 1.00. The molecule has 3 unspecified atom stereocenters. The van der Waals surface area contributed by atoms with Crippen LogP contribution in [0.2, 0.25) is 0 Å². The van der Waals surface area contributed by atoms with Crippen LogP contribution in [-0.2, 0) is 0 Å². The van der Waals surface area contributed by atoms with E-state index < -0.39 is 0 Å². The highest BCUT2D eigenvalue weighted by atomic mass is 15.2. The second-order valence-electron chi connectivity index (χ2n) is 4.84. The van der Waals surface area contributed by atoms with Crippen molar-refractivity contribution < 1.29 is 0 Å². The highest BCUT2D eigenvalue weighted by Gasteiger charge is 2.27. The molecule has 1 saturated heterocycles. The Morgan fingerprint density at radius 2 is 2.14 bits per heavy atom. The molecule has 14 heavy (non-hydrogen) atoms. The van der Waals surface area contributed by atoms with E-state index >= 15 is 0 Å². The van der Waals surface area contributed by atoms with E-state index in [4.69, 9.17) is 0 Å². The summed E-state index contributed by atoms with van der Waals surface area (Å²) in [6.45, 7) is 9.59. The third kappa shape index (κ3) is 2.96. The first kappa shape index (κ1) is 12.0. The molecule has 0 aromatic heterocycles. The minimum atomic E-state index is 0.736. The summed E-state index contributed by atoms with van der Waals surface area (Å²) in [6, 6.07) is 1.51. The summed E-state index contributed by atoms with van der Waals surface area (Å²) in [5, 5.41) is 3.24. The van der Waals surface area contributed by atoms with Gasteiger partial charge in [0.05, 0.1) is 0 Å². The summed E-state index contributed by atoms with van der Waals surface area (Å²) in [7, 11) is 2.04.